The lowest BCUT2D eigenvalue weighted by Crippen LogP contribution is -2.47. The van der Waals surface area contributed by atoms with Gasteiger partial charge in [-0.05, 0) is 98.3 Å². The molecule has 0 radical (unpaired) electrons. The summed E-state index contributed by atoms with van der Waals surface area (Å²) < 4.78 is 0. The fraction of sp³-hybridized carbons (Fsp3) is 0.488. The van der Waals surface area contributed by atoms with Gasteiger partial charge in [0.15, 0.2) is 0 Å². The minimum atomic E-state index is 0.568. The van der Waals surface area contributed by atoms with E-state index in [1.54, 1.807) is 0 Å². The van der Waals surface area contributed by atoms with Crippen LogP contribution in [-0.2, 0) is 12.8 Å². The summed E-state index contributed by atoms with van der Waals surface area (Å²) in [5.41, 5.74) is 19.2. The summed E-state index contributed by atoms with van der Waals surface area (Å²) in [4.78, 5) is 16.6. The molecule has 1 spiro atoms. The van der Waals surface area contributed by atoms with Crippen LogP contribution in [0.25, 0.3) is 22.5 Å². The first-order chi connectivity index (χ1) is 24.3. The van der Waals surface area contributed by atoms with Gasteiger partial charge in [0.05, 0.1) is 11.4 Å². The predicted molar refractivity (Wildman–Crippen MR) is 210 cm³/mol. The molecular weight excluding hydrogens is 615 g/mol. The summed E-state index contributed by atoms with van der Waals surface area (Å²) in [6.45, 7) is 15.6. The number of piperidine rings is 1. The van der Waals surface area contributed by atoms with Gasteiger partial charge in [-0.1, -0.05) is 87.4 Å². The number of pyridine rings is 2. The Morgan fingerprint density at radius 2 is 1.00 bits per heavy atom. The van der Waals surface area contributed by atoms with Crippen molar-refractivity contribution >= 4 is 11.6 Å². The standard InChI is InChI=1S/C22H29N3.C21H30N4/c23-21-5-3-4-20(24-21)19-8-6-18(7-9-19)10-15-25-16-13-22(14-17-25)11-1-2-12-22;1-17(2)16-25-14-12-24(13-15-25)11-10-18-6-8-19(9-7-18)20-4-3-5-21(22)23-20/h3-9H,1-2,10-17H2,(H2,23,24);3-9,17H,10-16H2,1-2H3,(H2,22,23). The van der Waals surface area contributed by atoms with E-state index in [2.05, 4.69) is 87.0 Å². The number of piperazine rings is 1. The van der Waals surface area contributed by atoms with Gasteiger partial charge in [-0.25, -0.2) is 9.97 Å². The first kappa shape index (κ1) is 36.0. The number of nitrogens with two attached hydrogens (primary N) is 2. The van der Waals surface area contributed by atoms with Gasteiger partial charge in [-0.2, -0.15) is 0 Å². The first-order valence-electron chi connectivity index (χ1n) is 19.1. The third-order valence-corrected chi connectivity index (χ3v) is 11.1. The molecule has 4 N–H and O–H groups in total. The molecule has 7 nitrogen and oxygen atoms in total. The topological polar surface area (TPSA) is 87.5 Å². The van der Waals surface area contributed by atoms with Gasteiger partial charge in [0.2, 0.25) is 0 Å². The van der Waals surface area contributed by atoms with Crippen molar-refractivity contribution in [3.63, 3.8) is 0 Å². The summed E-state index contributed by atoms with van der Waals surface area (Å²) in [6, 6.07) is 29.1. The van der Waals surface area contributed by atoms with E-state index in [-0.39, 0.29) is 0 Å². The molecule has 50 heavy (non-hydrogen) atoms. The predicted octanol–water partition coefficient (Wildman–Crippen LogP) is 7.68. The van der Waals surface area contributed by atoms with Gasteiger partial charge in [0, 0.05) is 56.9 Å². The van der Waals surface area contributed by atoms with Crippen molar-refractivity contribution < 1.29 is 0 Å². The lowest BCUT2D eigenvalue weighted by Gasteiger charge is -2.39. The number of nitrogens with zero attached hydrogens (tertiary/aromatic N) is 5. The van der Waals surface area contributed by atoms with Gasteiger partial charge in [-0.15, -0.1) is 0 Å². The molecule has 2 aliphatic heterocycles. The molecule has 3 fully saturated rings. The average Bonchev–Trinajstić information content (AvgIpc) is 3.59. The molecule has 0 bridgehead atoms. The van der Waals surface area contributed by atoms with Gasteiger partial charge < -0.3 is 26.2 Å². The summed E-state index contributed by atoms with van der Waals surface area (Å²) >= 11 is 0. The van der Waals surface area contributed by atoms with Crippen molar-refractivity contribution in [1.82, 2.24) is 24.7 Å². The lowest BCUT2D eigenvalue weighted by molar-refractivity contribution is 0.109. The Labute approximate surface area is 301 Å². The Balaban J connectivity index is 0.000000173. The minimum Gasteiger partial charge on any atom is -0.384 e. The molecule has 2 aromatic carbocycles. The number of benzene rings is 2. The van der Waals surface area contributed by atoms with Gasteiger partial charge >= 0.3 is 0 Å². The molecule has 1 saturated carbocycles. The van der Waals surface area contributed by atoms with Crippen LogP contribution in [0.1, 0.15) is 63.5 Å². The molecule has 3 aliphatic rings. The largest absolute Gasteiger partial charge is 0.384 e. The van der Waals surface area contributed by atoms with Gasteiger partial charge in [0.1, 0.15) is 11.6 Å². The van der Waals surface area contributed by atoms with Crippen molar-refractivity contribution in [2.24, 2.45) is 11.3 Å². The Kier molecular flexibility index (Phi) is 12.6. The quantitative estimate of drug-likeness (QED) is 0.179. The molecule has 7 rings (SSSR count). The van der Waals surface area contributed by atoms with E-state index >= 15 is 0 Å². The van der Waals surface area contributed by atoms with Crippen LogP contribution in [0.15, 0.2) is 84.9 Å². The van der Waals surface area contributed by atoms with Gasteiger partial charge in [0.25, 0.3) is 0 Å². The number of aromatic nitrogens is 2. The fourth-order valence-electron chi connectivity index (χ4n) is 8.07. The smallest absolute Gasteiger partial charge is 0.124 e. The van der Waals surface area contributed by atoms with Crippen molar-refractivity contribution in [3.05, 3.63) is 96.1 Å². The highest BCUT2D eigenvalue weighted by Crippen LogP contribution is 2.46. The number of hydrogen-bond donors (Lipinski definition) is 2. The minimum absolute atomic E-state index is 0.568. The number of anilines is 2. The molecule has 2 aromatic heterocycles. The third kappa shape index (κ3) is 10.4. The van der Waals surface area contributed by atoms with Crippen LogP contribution in [0.5, 0.6) is 0 Å². The Morgan fingerprint density at radius 1 is 0.560 bits per heavy atom. The summed E-state index contributed by atoms with van der Waals surface area (Å²) in [5, 5.41) is 0. The molecule has 266 valence electrons. The van der Waals surface area contributed by atoms with Crippen LogP contribution in [0.2, 0.25) is 0 Å². The molecule has 2 saturated heterocycles. The zero-order chi connectivity index (χ0) is 34.8. The maximum Gasteiger partial charge on any atom is 0.124 e. The van der Waals surface area contributed by atoms with Crippen LogP contribution < -0.4 is 11.5 Å². The maximum atomic E-state index is 5.78. The summed E-state index contributed by atoms with van der Waals surface area (Å²) in [6.07, 6.45) is 11.0. The highest BCUT2D eigenvalue weighted by molar-refractivity contribution is 5.62. The van der Waals surface area contributed by atoms with E-state index in [0.717, 1.165) is 53.2 Å². The van der Waals surface area contributed by atoms with E-state index in [0.29, 0.717) is 11.6 Å². The van der Waals surface area contributed by atoms with Crippen molar-refractivity contribution in [2.75, 3.05) is 70.4 Å². The fourth-order valence-corrected chi connectivity index (χ4v) is 8.07. The van der Waals surface area contributed by atoms with Crippen molar-refractivity contribution in [1.29, 1.82) is 0 Å². The number of nitrogen functional groups attached to an aromatic ring is 2. The van der Waals surface area contributed by atoms with Crippen molar-refractivity contribution in [2.45, 2.75) is 65.2 Å². The Hall–Kier alpha value is -3.78. The zero-order valence-corrected chi connectivity index (χ0v) is 30.6. The normalized spacial score (nSPS) is 18.3. The number of rotatable bonds is 10. The monoisotopic (exact) mass is 673 g/mol. The molecule has 7 heteroatoms. The first-order valence-corrected chi connectivity index (χ1v) is 19.1. The summed E-state index contributed by atoms with van der Waals surface area (Å²) in [5.74, 6) is 1.91. The molecule has 1 aliphatic carbocycles. The van der Waals surface area contributed by atoms with Crippen LogP contribution in [0, 0.1) is 11.3 Å². The van der Waals surface area contributed by atoms with Crippen molar-refractivity contribution in [3.8, 4) is 22.5 Å². The Morgan fingerprint density at radius 3 is 1.44 bits per heavy atom. The lowest BCUT2D eigenvalue weighted by atomic mass is 9.77. The Bertz CT molecular complexity index is 1590. The molecule has 0 atom stereocenters. The molecule has 4 heterocycles. The highest BCUT2D eigenvalue weighted by Gasteiger charge is 2.36. The SMILES string of the molecule is CC(C)CN1CCN(CCc2ccc(-c3cccc(N)n3)cc2)CC1.Nc1cccc(-c2ccc(CCN3CCC4(CCCC4)CC3)cc2)n1. The molecular formula is C43H59N7. The zero-order valence-electron chi connectivity index (χ0n) is 30.6. The number of likely N-dealkylation sites (tertiary alicyclic amines) is 1. The van der Waals surface area contributed by atoms with E-state index < -0.39 is 0 Å². The van der Waals surface area contributed by atoms with Crippen LogP contribution in [0.3, 0.4) is 0 Å². The van der Waals surface area contributed by atoms with Crippen LogP contribution in [-0.4, -0.2) is 83.6 Å². The second kappa shape index (κ2) is 17.4. The van der Waals surface area contributed by atoms with E-state index in [9.17, 15) is 0 Å². The van der Waals surface area contributed by atoms with Crippen LogP contribution in [0.4, 0.5) is 11.6 Å². The number of hydrogen-bond acceptors (Lipinski definition) is 7. The molecule has 4 aromatic rings. The second-order valence-electron chi connectivity index (χ2n) is 15.4. The van der Waals surface area contributed by atoms with Gasteiger partial charge in [-0.3, -0.25) is 0 Å². The molecule has 0 amide bonds. The second-order valence-corrected chi connectivity index (χ2v) is 15.4. The highest BCUT2D eigenvalue weighted by atomic mass is 15.3. The van der Waals surface area contributed by atoms with E-state index in [4.69, 9.17) is 11.5 Å². The summed E-state index contributed by atoms with van der Waals surface area (Å²) in [7, 11) is 0. The van der Waals surface area contributed by atoms with E-state index in [1.165, 1.54) is 102 Å². The van der Waals surface area contributed by atoms with Crippen LogP contribution >= 0.6 is 0 Å². The van der Waals surface area contributed by atoms with E-state index in [1.807, 2.05) is 36.4 Å². The maximum absolute atomic E-state index is 5.78. The third-order valence-electron chi connectivity index (χ3n) is 11.1. The molecule has 0 unspecified atom stereocenters. The average molecular weight is 674 g/mol.